The van der Waals surface area contributed by atoms with Gasteiger partial charge in [-0.1, -0.05) is 32.6 Å². The minimum Gasteiger partial charge on any atom is -0.463 e. The van der Waals surface area contributed by atoms with Gasteiger partial charge in [-0.15, -0.1) is 0 Å². The van der Waals surface area contributed by atoms with Crippen LogP contribution in [0.25, 0.3) is 0 Å². The normalized spacial score (nSPS) is 35.2. The van der Waals surface area contributed by atoms with Gasteiger partial charge in [-0.05, 0) is 32.6 Å². The van der Waals surface area contributed by atoms with Crippen LogP contribution in [0.1, 0.15) is 65.2 Å². The van der Waals surface area contributed by atoms with Crippen LogP contribution >= 0.6 is 0 Å². The van der Waals surface area contributed by atoms with Crippen molar-refractivity contribution < 1.29 is 14.3 Å². The molecule has 1 saturated heterocycles. The third kappa shape index (κ3) is 2.35. The minimum atomic E-state index is -0.573. The average Bonchev–Trinajstić information content (AvgIpc) is 2.96. The first kappa shape index (κ1) is 12.9. The van der Waals surface area contributed by atoms with Gasteiger partial charge < -0.3 is 9.47 Å². The van der Waals surface area contributed by atoms with Gasteiger partial charge in [0.05, 0.1) is 6.61 Å². The minimum absolute atomic E-state index is 0.115. The molecule has 0 N–H and O–H groups in total. The maximum atomic E-state index is 12.1. The fourth-order valence-electron chi connectivity index (χ4n) is 2.93. The molecule has 2 fully saturated rings. The standard InChI is InChI=1S/C14H24O3/c1-3-4-5-8-11-16-12(15)14-10-7-6-9-13(14,2)17-14/h3-11H2,1-2H3. The lowest BCUT2D eigenvalue weighted by Gasteiger charge is -2.20. The molecule has 0 aromatic heterocycles. The summed E-state index contributed by atoms with van der Waals surface area (Å²) < 4.78 is 11.1. The molecule has 17 heavy (non-hydrogen) atoms. The van der Waals surface area contributed by atoms with Crippen molar-refractivity contribution in [3.05, 3.63) is 0 Å². The number of carbonyl (C=O) groups is 1. The van der Waals surface area contributed by atoms with E-state index in [1.807, 2.05) is 6.92 Å². The summed E-state index contributed by atoms with van der Waals surface area (Å²) in [5.41, 5.74) is -0.790. The number of ether oxygens (including phenoxy) is 2. The molecule has 2 atom stereocenters. The topological polar surface area (TPSA) is 38.8 Å². The highest BCUT2D eigenvalue weighted by molar-refractivity contribution is 5.85. The lowest BCUT2D eigenvalue weighted by atomic mass is 9.80. The molecule has 2 rings (SSSR count). The zero-order valence-electron chi connectivity index (χ0n) is 11.1. The van der Waals surface area contributed by atoms with Crippen molar-refractivity contribution in [1.82, 2.24) is 0 Å². The molecule has 1 aliphatic carbocycles. The Balaban J connectivity index is 1.73. The second-order valence-corrected chi connectivity index (χ2v) is 5.56. The van der Waals surface area contributed by atoms with Crippen LogP contribution in [-0.4, -0.2) is 23.8 Å². The number of fused-ring (bicyclic) bond motifs is 1. The highest BCUT2D eigenvalue weighted by Crippen LogP contribution is 2.57. The zero-order chi connectivity index (χ0) is 12.4. The highest BCUT2D eigenvalue weighted by atomic mass is 16.7. The van der Waals surface area contributed by atoms with Crippen molar-refractivity contribution in [1.29, 1.82) is 0 Å². The molecule has 98 valence electrons. The van der Waals surface area contributed by atoms with Gasteiger partial charge in [0.2, 0.25) is 0 Å². The Labute approximate surface area is 104 Å². The molecule has 0 bridgehead atoms. The number of epoxide rings is 1. The molecule has 1 saturated carbocycles. The molecule has 0 aromatic carbocycles. The summed E-state index contributed by atoms with van der Waals surface area (Å²) in [6.45, 7) is 4.78. The molecule has 2 aliphatic rings. The SMILES string of the molecule is CCCCCCOC(=O)C12CCCCC1(C)O2. The Kier molecular flexibility index (Phi) is 3.76. The Morgan fingerprint density at radius 3 is 2.71 bits per heavy atom. The van der Waals surface area contributed by atoms with Crippen LogP contribution in [-0.2, 0) is 14.3 Å². The van der Waals surface area contributed by atoms with Crippen molar-refractivity contribution in [2.24, 2.45) is 0 Å². The van der Waals surface area contributed by atoms with E-state index < -0.39 is 5.60 Å². The van der Waals surface area contributed by atoms with E-state index in [1.54, 1.807) is 0 Å². The summed E-state index contributed by atoms with van der Waals surface area (Å²) in [4.78, 5) is 12.1. The number of hydrogen-bond acceptors (Lipinski definition) is 3. The summed E-state index contributed by atoms with van der Waals surface area (Å²) in [6.07, 6.45) is 8.65. The first-order valence-electron chi connectivity index (χ1n) is 7.02. The Hall–Kier alpha value is -0.570. The number of esters is 1. The molecule has 3 nitrogen and oxygen atoms in total. The van der Waals surface area contributed by atoms with Crippen LogP contribution in [0, 0.1) is 0 Å². The molecule has 0 radical (unpaired) electrons. The van der Waals surface area contributed by atoms with Gasteiger partial charge in [0.1, 0.15) is 5.60 Å². The van der Waals surface area contributed by atoms with E-state index in [-0.39, 0.29) is 11.6 Å². The highest BCUT2D eigenvalue weighted by Gasteiger charge is 2.73. The predicted octanol–water partition coefficient (Wildman–Crippen LogP) is 3.21. The third-order valence-electron chi connectivity index (χ3n) is 4.21. The third-order valence-corrected chi connectivity index (χ3v) is 4.21. The van der Waals surface area contributed by atoms with Crippen molar-refractivity contribution in [3.8, 4) is 0 Å². The smallest absolute Gasteiger partial charge is 0.341 e. The van der Waals surface area contributed by atoms with Crippen molar-refractivity contribution in [2.45, 2.75) is 76.4 Å². The van der Waals surface area contributed by atoms with Gasteiger partial charge in [-0.2, -0.15) is 0 Å². The summed E-state index contributed by atoms with van der Waals surface area (Å²) in [6, 6.07) is 0. The molecular weight excluding hydrogens is 216 g/mol. The Morgan fingerprint density at radius 2 is 2.00 bits per heavy atom. The van der Waals surface area contributed by atoms with Crippen LogP contribution in [0.15, 0.2) is 0 Å². The van der Waals surface area contributed by atoms with E-state index in [0.29, 0.717) is 6.61 Å². The first-order valence-corrected chi connectivity index (χ1v) is 7.02. The van der Waals surface area contributed by atoms with Gasteiger partial charge in [-0.3, -0.25) is 0 Å². The Morgan fingerprint density at radius 1 is 1.24 bits per heavy atom. The summed E-state index contributed by atoms with van der Waals surface area (Å²) in [5.74, 6) is -0.115. The molecule has 0 amide bonds. The number of hydrogen-bond donors (Lipinski definition) is 0. The van der Waals surface area contributed by atoms with Gasteiger partial charge in [0.15, 0.2) is 5.60 Å². The average molecular weight is 240 g/mol. The van der Waals surface area contributed by atoms with E-state index in [0.717, 1.165) is 32.1 Å². The van der Waals surface area contributed by atoms with Crippen LogP contribution in [0.3, 0.4) is 0 Å². The molecule has 2 unspecified atom stereocenters. The van der Waals surface area contributed by atoms with Gasteiger partial charge in [0, 0.05) is 0 Å². The summed E-state index contributed by atoms with van der Waals surface area (Å²) >= 11 is 0. The maximum absolute atomic E-state index is 12.1. The fraction of sp³-hybridized carbons (Fsp3) is 0.929. The molecule has 1 aliphatic heterocycles. The van der Waals surface area contributed by atoms with E-state index in [4.69, 9.17) is 9.47 Å². The molecular formula is C14H24O3. The van der Waals surface area contributed by atoms with E-state index >= 15 is 0 Å². The van der Waals surface area contributed by atoms with Crippen molar-refractivity contribution in [3.63, 3.8) is 0 Å². The predicted molar refractivity (Wildman–Crippen MR) is 65.8 cm³/mol. The zero-order valence-corrected chi connectivity index (χ0v) is 11.1. The summed E-state index contributed by atoms with van der Waals surface area (Å²) in [5, 5.41) is 0. The van der Waals surface area contributed by atoms with E-state index in [9.17, 15) is 4.79 Å². The molecule has 3 heteroatoms. The Bertz CT molecular complexity index is 285. The second kappa shape index (κ2) is 4.97. The van der Waals surface area contributed by atoms with Crippen molar-refractivity contribution >= 4 is 5.97 Å². The molecule has 0 spiro atoms. The van der Waals surface area contributed by atoms with Gasteiger partial charge in [0.25, 0.3) is 0 Å². The lowest BCUT2D eigenvalue weighted by Crippen LogP contribution is -2.37. The number of carbonyl (C=O) groups excluding carboxylic acids is 1. The van der Waals surface area contributed by atoms with E-state index in [1.165, 1.54) is 19.3 Å². The molecule has 1 heterocycles. The number of unbranched alkanes of at least 4 members (excludes halogenated alkanes) is 3. The van der Waals surface area contributed by atoms with Gasteiger partial charge in [-0.25, -0.2) is 4.79 Å². The quantitative estimate of drug-likeness (QED) is 0.406. The first-order chi connectivity index (χ1) is 8.15. The van der Waals surface area contributed by atoms with Crippen LogP contribution in [0.5, 0.6) is 0 Å². The van der Waals surface area contributed by atoms with Gasteiger partial charge >= 0.3 is 5.97 Å². The largest absolute Gasteiger partial charge is 0.463 e. The number of rotatable bonds is 6. The van der Waals surface area contributed by atoms with Crippen LogP contribution < -0.4 is 0 Å². The van der Waals surface area contributed by atoms with E-state index in [2.05, 4.69) is 6.92 Å². The monoisotopic (exact) mass is 240 g/mol. The van der Waals surface area contributed by atoms with Crippen LogP contribution in [0.2, 0.25) is 0 Å². The molecule has 0 aromatic rings. The maximum Gasteiger partial charge on any atom is 0.341 e. The summed E-state index contributed by atoms with van der Waals surface area (Å²) in [7, 11) is 0. The fourth-order valence-corrected chi connectivity index (χ4v) is 2.93. The van der Waals surface area contributed by atoms with Crippen molar-refractivity contribution in [2.75, 3.05) is 6.61 Å². The second-order valence-electron chi connectivity index (χ2n) is 5.56. The lowest BCUT2D eigenvalue weighted by molar-refractivity contribution is -0.150. The van der Waals surface area contributed by atoms with Crippen LogP contribution in [0.4, 0.5) is 0 Å².